The third kappa shape index (κ3) is 7.21. The van der Waals surface area contributed by atoms with Crippen molar-refractivity contribution in [2.24, 2.45) is 0 Å². The highest BCUT2D eigenvalue weighted by Crippen LogP contribution is 2.03. The van der Waals surface area contributed by atoms with E-state index in [1.54, 1.807) is 0 Å². The second kappa shape index (κ2) is 9.28. The zero-order valence-electron chi connectivity index (χ0n) is 11.0. The Kier molecular flexibility index (Phi) is 7.80. The van der Waals surface area contributed by atoms with E-state index in [-0.39, 0.29) is 12.1 Å². The number of unbranched alkanes of at least 4 members (excludes halogenated alkanes) is 4. The number of alkyl carbamates (subject to hydrolysis) is 1. The minimum absolute atomic E-state index is 0.247. The fourth-order valence-corrected chi connectivity index (χ4v) is 2.05. The van der Waals surface area contributed by atoms with Gasteiger partial charge >= 0.3 is 6.09 Å². The first kappa shape index (κ1) is 14.3. The summed E-state index contributed by atoms with van der Waals surface area (Å²) in [4.78, 5) is 11.4. The molecule has 4 heteroatoms. The molecule has 1 aliphatic rings. The first-order valence-corrected chi connectivity index (χ1v) is 6.97. The maximum Gasteiger partial charge on any atom is 0.407 e. The molecule has 17 heavy (non-hydrogen) atoms. The van der Waals surface area contributed by atoms with Gasteiger partial charge in [0.25, 0.3) is 0 Å². The Morgan fingerprint density at radius 2 is 2.18 bits per heavy atom. The number of carbonyl (C=O) groups excluding carboxylic acids is 1. The number of piperidine rings is 1. The lowest BCUT2D eigenvalue weighted by Crippen LogP contribution is -2.45. The van der Waals surface area contributed by atoms with Crippen molar-refractivity contribution in [3.05, 3.63) is 0 Å². The number of nitrogens with one attached hydrogen (secondary N) is 2. The van der Waals surface area contributed by atoms with Crippen LogP contribution in [0.25, 0.3) is 0 Å². The number of carbonyl (C=O) groups is 1. The Morgan fingerprint density at radius 3 is 2.88 bits per heavy atom. The Hall–Kier alpha value is -0.770. The Bertz CT molecular complexity index is 204. The van der Waals surface area contributed by atoms with Crippen LogP contribution in [0.15, 0.2) is 0 Å². The molecule has 1 saturated heterocycles. The zero-order valence-corrected chi connectivity index (χ0v) is 11.0. The maximum absolute atomic E-state index is 11.4. The Balaban J connectivity index is 1.93. The van der Waals surface area contributed by atoms with Crippen molar-refractivity contribution >= 4 is 6.09 Å². The molecular weight excluding hydrogens is 216 g/mol. The van der Waals surface area contributed by atoms with Crippen LogP contribution in [0.3, 0.4) is 0 Å². The molecule has 4 nitrogen and oxygen atoms in total. The molecule has 0 aromatic heterocycles. The molecule has 0 saturated carbocycles. The largest absolute Gasteiger partial charge is 0.450 e. The zero-order chi connectivity index (χ0) is 12.3. The van der Waals surface area contributed by atoms with Gasteiger partial charge < -0.3 is 15.4 Å². The van der Waals surface area contributed by atoms with Crippen LogP contribution in [0.1, 0.15) is 51.9 Å². The molecule has 1 unspecified atom stereocenters. The second-order valence-electron chi connectivity index (χ2n) is 4.74. The molecule has 1 rings (SSSR count). The summed E-state index contributed by atoms with van der Waals surface area (Å²) in [5.74, 6) is 0. The van der Waals surface area contributed by atoms with E-state index in [0.717, 1.165) is 38.8 Å². The van der Waals surface area contributed by atoms with Gasteiger partial charge in [0.2, 0.25) is 0 Å². The number of rotatable bonds is 7. The molecule has 0 aliphatic carbocycles. The monoisotopic (exact) mass is 242 g/mol. The van der Waals surface area contributed by atoms with Crippen LogP contribution in [0.4, 0.5) is 4.79 Å². The summed E-state index contributed by atoms with van der Waals surface area (Å²) in [6.07, 6.45) is 7.83. The molecule has 1 atom stereocenters. The predicted molar refractivity (Wildman–Crippen MR) is 69.1 cm³/mol. The van der Waals surface area contributed by atoms with Gasteiger partial charge in [-0.2, -0.15) is 0 Å². The van der Waals surface area contributed by atoms with Crippen molar-refractivity contribution in [1.82, 2.24) is 10.6 Å². The van der Waals surface area contributed by atoms with E-state index < -0.39 is 0 Å². The average Bonchev–Trinajstić information content (AvgIpc) is 2.35. The van der Waals surface area contributed by atoms with Crippen LogP contribution in [-0.2, 0) is 4.74 Å². The van der Waals surface area contributed by atoms with Crippen molar-refractivity contribution < 1.29 is 9.53 Å². The van der Waals surface area contributed by atoms with E-state index in [1.165, 1.54) is 19.3 Å². The van der Waals surface area contributed by atoms with Gasteiger partial charge in [-0.3, -0.25) is 0 Å². The highest BCUT2D eigenvalue weighted by molar-refractivity contribution is 5.67. The minimum atomic E-state index is -0.255. The van der Waals surface area contributed by atoms with Crippen LogP contribution < -0.4 is 10.6 Å². The normalized spacial score (nSPS) is 19.9. The maximum atomic E-state index is 11.4. The van der Waals surface area contributed by atoms with Crippen LogP contribution in [0.2, 0.25) is 0 Å². The van der Waals surface area contributed by atoms with E-state index in [1.807, 2.05) is 0 Å². The number of ether oxygens (including phenoxy) is 1. The molecular formula is C13H26N2O2. The predicted octanol–water partition coefficient (Wildman–Crippen LogP) is 2.44. The standard InChI is InChI=1S/C13H26N2O2/c1-2-3-4-5-6-10-17-13(16)15-12-8-7-9-14-11-12/h12,14H,2-11H2,1H3,(H,15,16). The molecule has 1 aliphatic heterocycles. The number of hydrogen-bond acceptors (Lipinski definition) is 3. The molecule has 0 aromatic carbocycles. The number of amides is 1. The average molecular weight is 242 g/mol. The van der Waals surface area contributed by atoms with E-state index in [2.05, 4.69) is 17.6 Å². The highest BCUT2D eigenvalue weighted by atomic mass is 16.5. The lowest BCUT2D eigenvalue weighted by Gasteiger charge is -2.23. The first-order valence-electron chi connectivity index (χ1n) is 6.97. The summed E-state index contributed by atoms with van der Waals surface area (Å²) in [5, 5.41) is 6.16. The van der Waals surface area contributed by atoms with Crippen molar-refractivity contribution in [1.29, 1.82) is 0 Å². The third-order valence-electron chi connectivity index (χ3n) is 3.10. The first-order chi connectivity index (χ1) is 8.33. The summed E-state index contributed by atoms with van der Waals surface area (Å²) in [5.41, 5.74) is 0. The third-order valence-corrected chi connectivity index (χ3v) is 3.10. The number of hydrogen-bond donors (Lipinski definition) is 2. The van der Waals surface area contributed by atoms with E-state index >= 15 is 0 Å². The molecule has 100 valence electrons. The minimum Gasteiger partial charge on any atom is -0.450 e. The molecule has 0 radical (unpaired) electrons. The molecule has 1 amide bonds. The van der Waals surface area contributed by atoms with Gasteiger partial charge in [-0.25, -0.2) is 4.79 Å². The Morgan fingerprint density at radius 1 is 1.35 bits per heavy atom. The fraction of sp³-hybridized carbons (Fsp3) is 0.923. The van der Waals surface area contributed by atoms with Gasteiger partial charge in [0.05, 0.1) is 6.61 Å². The quantitative estimate of drug-likeness (QED) is 0.674. The van der Waals surface area contributed by atoms with Crippen LogP contribution in [-0.4, -0.2) is 31.8 Å². The molecule has 0 bridgehead atoms. The highest BCUT2D eigenvalue weighted by Gasteiger charge is 2.15. The summed E-state index contributed by atoms with van der Waals surface area (Å²) in [6, 6.07) is 0.247. The summed E-state index contributed by atoms with van der Waals surface area (Å²) in [6.45, 7) is 4.67. The van der Waals surface area contributed by atoms with E-state index in [0.29, 0.717) is 6.61 Å². The molecule has 0 aromatic rings. The van der Waals surface area contributed by atoms with Crippen LogP contribution in [0.5, 0.6) is 0 Å². The van der Waals surface area contributed by atoms with Crippen LogP contribution in [0, 0.1) is 0 Å². The van der Waals surface area contributed by atoms with E-state index in [4.69, 9.17) is 4.74 Å². The van der Waals surface area contributed by atoms with Gasteiger partial charge in [0.1, 0.15) is 0 Å². The van der Waals surface area contributed by atoms with Gasteiger partial charge in [0, 0.05) is 12.6 Å². The Labute approximate surface area is 104 Å². The SMILES string of the molecule is CCCCCCCOC(=O)NC1CCCNC1. The van der Waals surface area contributed by atoms with Crippen molar-refractivity contribution in [3.8, 4) is 0 Å². The molecule has 1 heterocycles. The van der Waals surface area contributed by atoms with Gasteiger partial charge in [-0.15, -0.1) is 0 Å². The summed E-state index contributed by atoms with van der Waals surface area (Å²) in [7, 11) is 0. The lowest BCUT2D eigenvalue weighted by molar-refractivity contribution is 0.138. The smallest absolute Gasteiger partial charge is 0.407 e. The second-order valence-corrected chi connectivity index (χ2v) is 4.74. The topological polar surface area (TPSA) is 50.4 Å². The summed E-state index contributed by atoms with van der Waals surface area (Å²) < 4.78 is 5.15. The molecule has 0 spiro atoms. The van der Waals surface area contributed by atoms with Crippen molar-refractivity contribution in [2.45, 2.75) is 57.9 Å². The van der Waals surface area contributed by atoms with Gasteiger partial charge in [0.15, 0.2) is 0 Å². The van der Waals surface area contributed by atoms with Gasteiger partial charge in [-0.1, -0.05) is 32.6 Å². The fourth-order valence-electron chi connectivity index (χ4n) is 2.05. The van der Waals surface area contributed by atoms with Gasteiger partial charge in [-0.05, 0) is 25.8 Å². The summed E-state index contributed by atoms with van der Waals surface area (Å²) >= 11 is 0. The lowest BCUT2D eigenvalue weighted by atomic mass is 10.1. The van der Waals surface area contributed by atoms with Crippen LogP contribution >= 0.6 is 0 Å². The van der Waals surface area contributed by atoms with Crippen molar-refractivity contribution in [2.75, 3.05) is 19.7 Å². The van der Waals surface area contributed by atoms with E-state index in [9.17, 15) is 4.79 Å². The molecule has 2 N–H and O–H groups in total. The molecule has 1 fully saturated rings. The van der Waals surface area contributed by atoms with Crippen molar-refractivity contribution in [3.63, 3.8) is 0 Å².